The quantitative estimate of drug-likeness (QED) is 0.260. The lowest BCUT2D eigenvalue weighted by Crippen LogP contribution is -2.62. The summed E-state index contributed by atoms with van der Waals surface area (Å²) < 4.78 is 1.53. The molecule has 12 nitrogen and oxygen atoms in total. The van der Waals surface area contributed by atoms with E-state index in [0.717, 1.165) is 12.8 Å². The van der Waals surface area contributed by atoms with Crippen molar-refractivity contribution >= 4 is 29.5 Å². The molecule has 1 aliphatic heterocycles. The van der Waals surface area contributed by atoms with Crippen molar-refractivity contribution in [3.63, 3.8) is 0 Å². The van der Waals surface area contributed by atoms with Crippen molar-refractivity contribution in [2.24, 2.45) is 40.2 Å². The van der Waals surface area contributed by atoms with Crippen molar-refractivity contribution in [1.82, 2.24) is 25.4 Å². The fourth-order valence-corrected chi connectivity index (χ4v) is 6.56. The van der Waals surface area contributed by atoms with E-state index in [2.05, 4.69) is 29.8 Å². The monoisotopic (exact) mass is 612 g/mol. The van der Waals surface area contributed by atoms with Gasteiger partial charge in [0.2, 0.25) is 17.6 Å². The van der Waals surface area contributed by atoms with Gasteiger partial charge in [-0.15, -0.1) is 0 Å². The van der Waals surface area contributed by atoms with Crippen molar-refractivity contribution in [2.75, 3.05) is 6.54 Å². The lowest BCUT2D eigenvalue weighted by Gasteiger charge is -2.38. The molecule has 0 aromatic carbocycles. The Kier molecular flexibility index (Phi) is 9.32. The first-order valence-corrected chi connectivity index (χ1v) is 15.6. The predicted molar refractivity (Wildman–Crippen MR) is 164 cm³/mol. The Hall–Kier alpha value is -3.70. The van der Waals surface area contributed by atoms with Crippen LogP contribution in [0.2, 0.25) is 0 Å². The number of carbonyl (C=O) groups is 5. The first-order chi connectivity index (χ1) is 20.4. The van der Waals surface area contributed by atoms with Crippen molar-refractivity contribution in [3.8, 4) is 0 Å². The molecule has 2 saturated carbocycles. The molecule has 12 heteroatoms. The van der Waals surface area contributed by atoms with E-state index in [9.17, 15) is 28.8 Å². The Morgan fingerprint density at radius 2 is 1.70 bits per heavy atom. The second kappa shape index (κ2) is 12.4. The van der Waals surface area contributed by atoms with Gasteiger partial charge in [0.25, 0.3) is 11.5 Å². The van der Waals surface area contributed by atoms with E-state index in [1.54, 1.807) is 18.3 Å². The average Bonchev–Trinajstić information content (AvgIpc) is 3.78. The summed E-state index contributed by atoms with van der Waals surface area (Å²) in [5.41, 5.74) is 4.22. The fourth-order valence-electron chi connectivity index (χ4n) is 6.56. The Morgan fingerprint density at radius 1 is 1.05 bits per heavy atom. The zero-order chi connectivity index (χ0) is 32.7. The Morgan fingerprint density at radius 3 is 2.25 bits per heavy atom. The minimum Gasteiger partial charge on any atom is -0.363 e. The number of hydrogen-bond donors (Lipinski definition) is 4. The lowest BCUT2D eigenvalue weighted by molar-refractivity contribution is -0.145. The third-order valence-corrected chi connectivity index (χ3v) is 9.70. The summed E-state index contributed by atoms with van der Waals surface area (Å²) in [5, 5.41) is 8.56. The standard InChI is InChI=1S/C32H48N6O6/c1-17(2)21(16-37-13-9-8-10-22(37)39)35-30(44)36-26(31(3,4)5)29(43)38-15-19-23(32(19,6)7)24(38)28(42)34-20(14-18-11-12-18)25(40)27(33)41/h8-10,13,17-21,23-24,26H,11-12,14-16H2,1-7H3,(H2,33,41)(H,34,42)(H2,35,36,44)/t19-,20?,21+,23-,24-,26+/m0/s1. The molecule has 1 saturated heterocycles. The first kappa shape index (κ1) is 33.2. The van der Waals surface area contributed by atoms with Crippen LogP contribution in [0.1, 0.15) is 67.7 Å². The zero-order valence-electron chi connectivity index (χ0n) is 26.9. The highest BCUT2D eigenvalue weighted by atomic mass is 16.2. The Bertz CT molecular complexity index is 1360. The van der Waals surface area contributed by atoms with Crippen LogP contribution < -0.4 is 27.2 Å². The third-order valence-electron chi connectivity index (χ3n) is 9.70. The number of nitrogens with one attached hydrogen (secondary N) is 3. The average molecular weight is 613 g/mol. The molecule has 1 aromatic heterocycles. The van der Waals surface area contributed by atoms with Gasteiger partial charge in [-0.3, -0.25) is 24.0 Å². The van der Waals surface area contributed by atoms with E-state index >= 15 is 0 Å². The van der Waals surface area contributed by atoms with Gasteiger partial charge < -0.3 is 31.2 Å². The maximum absolute atomic E-state index is 14.2. The summed E-state index contributed by atoms with van der Waals surface area (Å²) in [5.74, 6) is -2.61. The second-order valence-corrected chi connectivity index (χ2v) is 14.8. The number of ketones is 1. The number of aromatic nitrogens is 1. The first-order valence-electron chi connectivity index (χ1n) is 15.6. The molecule has 6 atom stereocenters. The normalized spacial score (nSPS) is 24.1. The van der Waals surface area contributed by atoms with Crippen LogP contribution in [0.4, 0.5) is 4.79 Å². The van der Waals surface area contributed by atoms with Crippen LogP contribution in [0.5, 0.6) is 0 Å². The Labute approximate surface area is 258 Å². The van der Waals surface area contributed by atoms with Gasteiger partial charge in [0.1, 0.15) is 12.1 Å². The molecule has 2 heterocycles. The molecule has 3 fully saturated rings. The molecule has 242 valence electrons. The molecule has 2 aliphatic carbocycles. The van der Waals surface area contributed by atoms with E-state index in [-0.39, 0.29) is 41.2 Å². The summed E-state index contributed by atoms with van der Waals surface area (Å²) in [4.78, 5) is 79.5. The number of hydrogen-bond acceptors (Lipinski definition) is 6. The highest BCUT2D eigenvalue weighted by Crippen LogP contribution is 2.65. The minimum atomic E-state index is -1.10. The molecular formula is C32H48N6O6. The van der Waals surface area contributed by atoms with Crippen LogP contribution in [0.3, 0.4) is 0 Å². The van der Waals surface area contributed by atoms with Crippen molar-refractivity contribution in [3.05, 3.63) is 34.7 Å². The maximum Gasteiger partial charge on any atom is 0.315 e. The SMILES string of the molecule is CC(C)[C@@H](Cn1ccccc1=O)NC(=O)N[C@H](C(=O)N1C[C@H]2[C@@H]([C@H]1C(=O)NC(CC1CC1)C(=O)C(N)=O)C2(C)C)C(C)(C)C. The summed E-state index contributed by atoms with van der Waals surface area (Å²) in [7, 11) is 0. The van der Waals surface area contributed by atoms with Gasteiger partial charge in [-0.25, -0.2) is 4.79 Å². The van der Waals surface area contributed by atoms with Gasteiger partial charge in [0, 0.05) is 25.4 Å². The van der Waals surface area contributed by atoms with Gasteiger partial charge in [-0.1, -0.05) is 67.4 Å². The van der Waals surface area contributed by atoms with Crippen LogP contribution >= 0.6 is 0 Å². The number of urea groups is 1. The summed E-state index contributed by atoms with van der Waals surface area (Å²) in [6.45, 7) is 14.1. The molecule has 0 bridgehead atoms. The number of carbonyl (C=O) groups excluding carboxylic acids is 5. The second-order valence-electron chi connectivity index (χ2n) is 14.8. The highest BCUT2D eigenvalue weighted by molar-refractivity contribution is 6.37. The van der Waals surface area contributed by atoms with Crippen LogP contribution in [0.25, 0.3) is 0 Å². The number of nitrogens with zero attached hydrogens (tertiary/aromatic N) is 2. The van der Waals surface area contributed by atoms with Gasteiger partial charge in [-0.2, -0.15) is 0 Å². The fraction of sp³-hybridized carbons (Fsp3) is 0.688. The molecule has 0 radical (unpaired) electrons. The van der Waals surface area contributed by atoms with Gasteiger partial charge >= 0.3 is 6.03 Å². The number of rotatable bonds is 12. The van der Waals surface area contributed by atoms with Crippen molar-refractivity contribution < 1.29 is 24.0 Å². The van der Waals surface area contributed by atoms with E-state index in [0.29, 0.717) is 13.0 Å². The largest absolute Gasteiger partial charge is 0.363 e. The molecule has 44 heavy (non-hydrogen) atoms. The van der Waals surface area contributed by atoms with E-state index in [1.807, 2.05) is 34.6 Å². The number of piperidine rings is 1. The van der Waals surface area contributed by atoms with Crippen LogP contribution in [0.15, 0.2) is 29.2 Å². The summed E-state index contributed by atoms with van der Waals surface area (Å²) in [6.07, 6.45) is 3.84. The third kappa shape index (κ3) is 7.15. The smallest absolute Gasteiger partial charge is 0.315 e. The summed E-state index contributed by atoms with van der Waals surface area (Å²) in [6, 6.07) is 1.06. The van der Waals surface area contributed by atoms with Gasteiger partial charge in [-0.05, 0) is 47.0 Å². The number of Topliss-reactive ketones (excluding diaryl/α,β-unsaturated/α-hetero) is 1. The zero-order valence-corrected chi connectivity index (χ0v) is 26.9. The van der Waals surface area contributed by atoms with E-state index in [1.165, 1.54) is 15.5 Å². The molecular weight excluding hydrogens is 564 g/mol. The lowest BCUT2D eigenvalue weighted by atomic mass is 9.85. The van der Waals surface area contributed by atoms with Crippen LogP contribution in [-0.4, -0.2) is 69.7 Å². The molecule has 4 rings (SSSR count). The molecule has 0 spiro atoms. The van der Waals surface area contributed by atoms with E-state index < -0.39 is 59.1 Å². The topological polar surface area (TPSA) is 173 Å². The molecule has 1 unspecified atom stereocenters. The van der Waals surface area contributed by atoms with Crippen LogP contribution in [-0.2, 0) is 25.7 Å². The number of amides is 5. The number of fused-ring (bicyclic) bond motifs is 1. The van der Waals surface area contributed by atoms with Crippen molar-refractivity contribution in [1.29, 1.82) is 0 Å². The highest BCUT2D eigenvalue weighted by Gasteiger charge is 2.70. The van der Waals surface area contributed by atoms with Gasteiger partial charge in [0.15, 0.2) is 0 Å². The van der Waals surface area contributed by atoms with E-state index in [4.69, 9.17) is 5.73 Å². The van der Waals surface area contributed by atoms with Crippen LogP contribution in [0, 0.1) is 34.5 Å². The molecule has 1 aromatic rings. The number of likely N-dealkylation sites (tertiary alicyclic amines) is 1. The number of pyridine rings is 1. The molecule has 5 N–H and O–H groups in total. The maximum atomic E-state index is 14.2. The predicted octanol–water partition coefficient (Wildman–Crippen LogP) is 1.41. The number of nitrogens with two attached hydrogens (primary N) is 1. The molecule has 5 amide bonds. The Balaban J connectivity index is 1.52. The minimum absolute atomic E-state index is 0.00987. The summed E-state index contributed by atoms with van der Waals surface area (Å²) >= 11 is 0. The van der Waals surface area contributed by atoms with Crippen molar-refractivity contribution in [2.45, 2.75) is 98.4 Å². The molecule has 3 aliphatic rings. The number of primary amides is 1. The van der Waals surface area contributed by atoms with Gasteiger partial charge in [0.05, 0.1) is 12.1 Å².